The number of aromatic nitrogens is 2. The van der Waals surface area contributed by atoms with Gasteiger partial charge in [0.25, 0.3) is 6.08 Å². The predicted octanol–water partition coefficient (Wildman–Crippen LogP) is 3.89. The van der Waals surface area contributed by atoms with Crippen molar-refractivity contribution < 1.29 is 8.78 Å². The molecule has 1 aromatic carbocycles. The molecule has 17 heavy (non-hydrogen) atoms. The van der Waals surface area contributed by atoms with Gasteiger partial charge in [-0.25, -0.2) is 0 Å². The summed E-state index contributed by atoms with van der Waals surface area (Å²) in [6, 6.07) is 7.77. The summed E-state index contributed by atoms with van der Waals surface area (Å²) in [5, 5.41) is 10.7. The van der Waals surface area contributed by atoms with Gasteiger partial charge >= 0.3 is 0 Å². The van der Waals surface area contributed by atoms with E-state index in [2.05, 4.69) is 10.2 Å². The molecule has 0 unspecified atom stereocenters. The van der Waals surface area contributed by atoms with E-state index in [1.165, 1.54) is 11.8 Å². The van der Waals surface area contributed by atoms with Gasteiger partial charge in [0.15, 0.2) is 0 Å². The van der Waals surface area contributed by atoms with Gasteiger partial charge in [0, 0.05) is 16.5 Å². The van der Waals surface area contributed by atoms with Crippen molar-refractivity contribution in [2.45, 2.75) is 11.4 Å². The van der Waals surface area contributed by atoms with Crippen LogP contribution in [0.3, 0.4) is 0 Å². The molecule has 0 bridgehead atoms. The molecule has 0 atom stereocenters. The van der Waals surface area contributed by atoms with Crippen LogP contribution < -0.4 is 0 Å². The third-order valence-electron chi connectivity index (χ3n) is 2.19. The van der Waals surface area contributed by atoms with Crippen LogP contribution in [0.25, 0.3) is 10.8 Å². The highest BCUT2D eigenvalue weighted by Gasteiger charge is 2.02. The minimum absolute atomic E-state index is 0.331. The Morgan fingerprint density at radius 3 is 2.94 bits per heavy atom. The van der Waals surface area contributed by atoms with Crippen LogP contribution in [-0.2, 0) is 0 Å². The van der Waals surface area contributed by atoms with E-state index < -0.39 is 6.08 Å². The van der Waals surface area contributed by atoms with E-state index in [9.17, 15) is 8.78 Å². The molecule has 88 valence electrons. The van der Waals surface area contributed by atoms with Gasteiger partial charge in [-0.3, -0.25) is 0 Å². The Balaban J connectivity index is 2.11. The molecule has 0 saturated heterocycles. The number of fused-ring (bicyclic) bond motifs is 1. The smallest absolute Gasteiger partial charge is 0.174 e. The van der Waals surface area contributed by atoms with E-state index in [0.717, 1.165) is 21.9 Å². The summed E-state index contributed by atoms with van der Waals surface area (Å²) in [5.41, 5.74) is 0. The number of rotatable bonds is 4. The van der Waals surface area contributed by atoms with Gasteiger partial charge in [0.05, 0.1) is 6.20 Å². The Morgan fingerprint density at radius 2 is 2.12 bits per heavy atom. The zero-order chi connectivity index (χ0) is 12.1. The van der Waals surface area contributed by atoms with E-state index in [0.29, 0.717) is 12.2 Å². The van der Waals surface area contributed by atoms with Crippen molar-refractivity contribution in [3.8, 4) is 0 Å². The van der Waals surface area contributed by atoms with Gasteiger partial charge in [-0.05, 0) is 12.5 Å². The van der Waals surface area contributed by atoms with Crippen LogP contribution >= 0.6 is 11.8 Å². The molecule has 5 heteroatoms. The topological polar surface area (TPSA) is 25.8 Å². The summed E-state index contributed by atoms with van der Waals surface area (Å²) >= 11 is 1.44. The molecule has 0 aliphatic rings. The summed E-state index contributed by atoms with van der Waals surface area (Å²) < 4.78 is 23.7. The summed E-state index contributed by atoms with van der Waals surface area (Å²) in [6.07, 6.45) is 1.32. The van der Waals surface area contributed by atoms with Crippen molar-refractivity contribution >= 4 is 22.5 Å². The number of nitrogens with zero attached hydrogens (tertiary/aromatic N) is 2. The molecule has 0 radical (unpaired) electrons. The number of halogens is 2. The number of hydrogen-bond acceptors (Lipinski definition) is 3. The largest absolute Gasteiger partial charge is 0.266 e. The second kappa shape index (κ2) is 5.72. The molecule has 2 nitrogen and oxygen atoms in total. The van der Waals surface area contributed by atoms with Crippen molar-refractivity contribution in [2.75, 3.05) is 5.75 Å². The summed E-state index contributed by atoms with van der Waals surface area (Å²) in [6.45, 7) is 0. The molecule has 2 aromatic rings. The number of benzene rings is 1. The zero-order valence-electron chi connectivity index (χ0n) is 8.94. The third-order valence-corrected chi connectivity index (χ3v) is 3.21. The van der Waals surface area contributed by atoms with Crippen LogP contribution in [0.4, 0.5) is 8.78 Å². The van der Waals surface area contributed by atoms with Crippen LogP contribution in [0.15, 0.2) is 47.6 Å². The zero-order valence-corrected chi connectivity index (χ0v) is 9.75. The Kier molecular flexibility index (Phi) is 4.03. The van der Waals surface area contributed by atoms with Gasteiger partial charge in [0.1, 0.15) is 5.03 Å². The molecule has 0 aliphatic carbocycles. The molecule has 0 N–H and O–H groups in total. The second-order valence-corrected chi connectivity index (χ2v) is 4.45. The maximum absolute atomic E-state index is 11.8. The summed E-state index contributed by atoms with van der Waals surface area (Å²) in [4.78, 5) is 0. The molecule has 1 aromatic heterocycles. The summed E-state index contributed by atoms with van der Waals surface area (Å²) in [7, 11) is 0. The Morgan fingerprint density at radius 1 is 1.29 bits per heavy atom. The SMILES string of the molecule is FC(F)=CCCSc1nncc2ccccc12. The molecule has 0 fully saturated rings. The van der Waals surface area contributed by atoms with Crippen LogP contribution in [0.1, 0.15) is 6.42 Å². The normalized spacial score (nSPS) is 10.5. The van der Waals surface area contributed by atoms with E-state index in [4.69, 9.17) is 0 Å². The second-order valence-electron chi connectivity index (χ2n) is 3.37. The number of thioether (sulfide) groups is 1. The van der Waals surface area contributed by atoms with Crippen molar-refractivity contribution in [3.63, 3.8) is 0 Å². The quantitative estimate of drug-likeness (QED) is 0.609. The standard InChI is InChI=1S/C12H10F2N2S/c13-11(14)6-3-7-17-12-10-5-2-1-4-9(10)8-15-16-12/h1-2,4-6,8H,3,7H2. The van der Waals surface area contributed by atoms with E-state index in [-0.39, 0.29) is 0 Å². The molecule has 0 spiro atoms. The first kappa shape index (κ1) is 12.0. The predicted molar refractivity (Wildman–Crippen MR) is 65.2 cm³/mol. The van der Waals surface area contributed by atoms with Crippen molar-refractivity contribution in [1.82, 2.24) is 10.2 Å². The lowest BCUT2D eigenvalue weighted by atomic mass is 10.2. The minimum Gasteiger partial charge on any atom is -0.174 e. The first-order chi connectivity index (χ1) is 8.27. The van der Waals surface area contributed by atoms with Gasteiger partial charge in [-0.2, -0.15) is 13.9 Å². The number of hydrogen-bond donors (Lipinski definition) is 0. The van der Waals surface area contributed by atoms with Crippen molar-refractivity contribution in [3.05, 3.63) is 42.6 Å². The fraction of sp³-hybridized carbons (Fsp3) is 0.167. The molecular weight excluding hydrogens is 242 g/mol. The lowest BCUT2D eigenvalue weighted by molar-refractivity contribution is 0.418. The van der Waals surface area contributed by atoms with Crippen molar-refractivity contribution in [1.29, 1.82) is 0 Å². The summed E-state index contributed by atoms with van der Waals surface area (Å²) in [5.74, 6) is 0.569. The monoisotopic (exact) mass is 252 g/mol. The van der Waals surface area contributed by atoms with Gasteiger partial charge in [0.2, 0.25) is 0 Å². The van der Waals surface area contributed by atoms with Gasteiger partial charge in [-0.1, -0.05) is 24.3 Å². The van der Waals surface area contributed by atoms with E-state index >= 15 is 0 Å². The minimum atomic E-state index is -1.63. The molecule has 2 rings (SSSR count). The lowest BCUT2D eigenvalue weighted by Gasteiger charge is -2.02. The molecule has 0 aliphatic heterocycles. The first-order valence-corrected chi connectivity index (χ1v) is 6.10. The van der Waals surface area contributed by atoms with Crippen LogP contribution in [0.5, 0.6) is 0 Å². The van der Waals surface area contributed by atoms with Gasteiger partial charge < -0.3 is 0 Å². The lowest BCUT2D eigenvalue weighted by Crippen LogP contribution is -1.88. The van der Waals surface area contributed by atoms with Crippen LogP contribution in [0, 0.1) is 0 Å². The molecule has 0 amide bonds. The van der Waals surface area contributed by atoms with Crippen LogP contribution in [-0.4, -0.2) is 16.0 Å². The first-order valence-electron chi connectivity index (χ1n) is 5.12. The fourth-order valence-corrected chi connectivity index (χ4v) is 2.31. The molecule has 0 saturated carbocycles. The average molecular weight is 252 g/mol. The van der Waals surface area contributed by atoms with Crippen LogP contribution in [0.2, 0.25) is 0 Å². The van der Waals surface area contributed by atoms with Gasteiger partial charge in [-0.15, -0.1) is 16.9 Å². The highest BCUT2D eigenvalue weighted by molar-refractivity contribution is 7.99. The Hall–Kier alpha value is -1.49. The van der Waals surface area contributed by atoms with Crippen molar-refractivity contribution in [2.24, 2.45) is 0 Å². The highest BCUT2D eigenvalue weighted by atomic mass is 32.2. The fourth-order valence-electron chi connectivity index (χ4n) is 1.43. The Labute approximate surface area is 102 Å². The third kappa shape index (κ3) is 3.23. The number of allylic oxidation sites excluding steroid dienone is 1. The highest BCUT2D eigenvalue weighted by Crippen LogP contribution is 2.25. The maximum Gasteiger partial charge on any atom is 0.266 e. The molecule has 1 heterocycles. The average Bonchev–Trinajstić information content (AvgIpc) is 2.34. The van der Waals surface area contributed by atoms with E-state index in [1.54, 1.807) is 6.20 Å². The van der Waals surface area contributed by atoms with E-state index in [1.807, 2.05) is 24.3 Å². The Bertz CT molecular complexity index is 534. The maximum atomic E-state index is 11.8. The molecular formula is C12H10F2N2S.